The SMILES string of the molecule is O=C(NCCCCCCBr)C1COc2ccccc21. The molecule has 1 N–H and O–H groups in total. The van der Waals surface area contributed by atoms with Crippen LogP contribution in [0.2, 0.25) is 0 Å². The maximum Gasteiger partial charge on any atom is 0.231 e. The molecule has 2 rings (SSSR count). The first-order valence-corrected chi connectivity index (χ1v) is 8.00. The molecule has 1 aliphatic rings. The van der Waals surface area contributed by atoms with Crippen LogP contribution < -0.4 is 10.1 Å². The van der Waals surface area contributed by atoms with Crippen LogP contribution in [0.3, 0.4) is 0 Å². The van der Waals surface area contributed by atoms with Gasteiger partial charge in [-0.3, -0.25) is 4.79 Å². The van der Waals surface area contributed by atoms with Gasteiger partial charge in [0.15, 0.2) is 0 Å². The summed E-state index contributed by atoms with van der Waals surface area (Å²) in [7, 11) is 0. The van der Waals surface area contributed by atoms with Gasteiger partial charge in [-0.2, -0.15) is 0 Å². The first-order chi connectivity index (χ1) is 9.33. The van der Waals surface area contributed by atoms with E-state index in [4.69, 9.17) is 4.74 Å². The van der Waals surface area contributed by atoms with Gasteiger partial charge < -0.3 is 10.1 Å². The highest BCUT2D eigenvalue weighted by Crippen LogP contribution is 2.33. The molecule has 0 fully saturated rings. The summed E-state index contributed by atoms with van der Waals surface area (Å²) in [4.78, 5) is 12.1. The molecule has 1 heterocycles. The zero-order valence-electron chi connectivity index (χ0n) is 11.0. The van der Waals surface area contributed by atoms with Crippen molar-refractivity contribution in [2.45, 2.75) is 31.6 Å². The zero-order chi connectivity index (χ0) is 13.5. The van der Waals surface area contributed by atoms with E-state index < -0.39 is 0 Å². The highest BCUT2D eigenvalue weighted by atomic mass is 79.9. The number of carbonyl (C=O) groups excluding carboxylic acids is 1. The highest BCUT2D eigenvalue weighted by molar-refractivity contribution is 9.09. The first-order valence-electron chi connectivity index (χ1n) is 6.88. The second-order valence-electron chi connectivity index (χ2n) is 4.80. The second kappa shape index (κ2) is 7.53. The summed E-state index contributed by atoms with van der Waals surface area (Å²) in [6.45, 7) is 1.23. The number of unbranched alkanes of at least 4 members (excludes halogenated alkanes) is 3. The number of benzene rings is 1. The number of fused-ring (bicyclic) bond motifs is 1. The van der Waals surface area contributed by atoms with E-state index in [1.807, 2.05) is 24.3 Å². The lowest BCUT2D eigenvalue weighted by Gasteiger charge is -2.10. The van der Waals surface area contributed by atoms with Gasteiger partial charge in [-0.1, -0.05) is 47.0 Å². The second-order valence-corrected chi connectivity index (χ2v) is 5.59. The van der Waals surface area contributed by atoms with Gasteiger partial charge in [-0.05, 0) is 18.9 Å². The third-order valence-electron chi connectivity index (χ3n) is 3.38. The molecule has 0 saturated carbocycles. The van der Waals surface area contributed by atoms with Crippen LogP contribution in [-0.4, -0.2) is 24.4 Å². The first kappa shape index (κ1) is 14.4. The van der Waals surface area contributed by atoms with Crippen molar-refractivity contribution in [1.82, 2.24) is 5.32 Å². The molecule has 104 valence electrons. The van der Waals surface area contributed by atoms with Crippen molar-refractivity contribution >= 4 is 21.8 Å². The average molecular weight is 326 g/mol. The molecule has 1 aliphatic heterocycles. The Labute approximate surface area is 122 Å². The largest absolute Gasteiger partial charge is 0.492 e. The lowest BCUT2D eigenvalue weighted by molar-refractivity contribution is -0.122. The number of carbonyl (C=O) groups is 1. The van der Waals surface area contributed by atoms with Crippen LogP contribution in [0.25, 0.3) is 0 Å². The number of para-hydroxylation sites is 1. The molecule has 1 unspecified atom stereocenters. The zero-order valence-corrected chi connectivity index (χ0v) is 12.6. The van der Waals surface area contributed by atoms with Crippen LogP contribution in [0.4, 0.5) is 0 Å². The van der Waals surface area contributed by atoms with Gasteiger partial charge in [0.25, 0.3) is 0 Å². The minimum Gasteiger partial charge on any atom is -0.492 e. The van der Waals surface area contributed by atoms with Gasteiger partial charge in [0, 0.05) is 17.4 Å². The van der Waals surface area contributed by atoms with E-state index in [0.29, 0.717) is 6.61 Å². The number of hydrogen-bond donors (Lipinski definition) is 1. The van der Waals surface area contributed by atoms with E-state index >= 15 is 0 Å². The Morgan fingerprint density at radius 3 is 2.89 bits per heavy atom. The summed E-state index contributed by atoms with van der Waals surface area (Å²) in [5, 5.41) is 4.08. The maximum atomic E-state index is 12.1. The summed E-state index contributed by atoms with van der Waals surface area (Å²) in [5.41, 5.74) is 1.01. The Kier molecular flexibility index (Phi) is 5.70. The number of nitrogens with one attached hydrogen (secondary N) is 1. The van der Waals surface area contributed by atoms with E-state index in [1.54, 1.807) is 0 Å². The Morgan fingerprint density at radius 1 is 1.26 bits per heavy atom. The number of halogens is 1. The molecule has 1 amide bonds. The Morgan fingerprint density at radius 2 is 2.05 bits per heavy atom. The Balaban J connectivity index is 1.73. The maximum absolute atomic E-state index is 12.1. The fourth-order valence-corrected chi connectivity index (χ4v) is 2.68. The minimum absolute atomic E-state index is 0.0884. The molecule has 0 aromatic heterocycles. The Bertz CT molecular complexity index is 422. The standard InChI is InChI=1S/C15H20BrNO2/c16-9-5-1-2-6-10-17-15(18)13-11-19-14-8-4-3-7-12(13)14/h3-4,7-8,13H,1-2,5-6,9-11H2,(H,17,18). The summed E-state index contributed by atoms with van der Waals surface area (Å²) >= 11 is 3.42. The van der Waals surface area contributed by atoms with Crippen molar-refractivity contribution < 1.29 is 9.53 Å². The molecule has 0 radical (unpaired) electrons. The summed E-state index contributed by atoms with van der Waals surface area (Å²) < 4.78 is 5.53. The van der Waals surface area contributed by atoms with Gasteiger partial charge in [0.1, 0.15) is 18.3 Å². The lowest BCUT2D eigenvalue weighted by atomic mass is 10.0. The summed E-state index contributed by atoms with van der Waals surface area (Å²) in [5.74, 6) is 0.796. The van der Waals surface area contributed by atoms with Crippen LogP contribution in [0, 0.1) is 0 Å². The van der Waals surface area contributed by atoms with Crippen LogP contribution in [0.5, 0.6) is 5.75 Å². The normalized spacial score (nSPS) is 16.8. The molecular formula is C15H20BrNO2. The smallest absolute Gasteiger partial charge is 0.231 e. The summed E-state index contributed by atoms with van der Waals surface area (Å²) in [6, 6.07) is 7.78. The molecule has 3 nitrogen and oxygen atoms in total. The molecule has 1 aromatic rings. The fourth-order valence-electron chi connectivity index (χ4n) is 2.29. The monoisotopic (exact) mass is 325 g/mol. The van der Waals surface area contributed by atoms with Crippen LogP contribution in [0.15, 0.2) is 24.3 Å². The van der Waals surface area contributed by atoms with E-state index in [-0.39, 0.29) is 11.8 Å². The highest BCUT2D eigenvalue weighted by Gasteiger charge is 2.29. The van der Waals surface area contributed by atoms with Gasteiger partial charge in [0.05, 0.1) is 0 Å². The third kappa shape index (κ3) is 3.96. The van der Waals surface area contributed by atoms with E-state index in [1.165, 1.54) is 19.3 Å². The minimum atomic E-state index is -0.140. The number of amides is 1. The van der Waals surface area contributed by atoms with Crippen molar-refractivity contribution in [1.29, 1.82) is 0 Å². The van der Waals surface area contributed by atoms with Gasteiger partial charge >= 0.3 is 0 Å². The van der Waals surface area contributed by atoms with Crippen molar-refractivity contribution in [3.8, 4) is 5.75 Å². The topological polar surface area (TPSA) is 38.3 Å². The van der Waals surface area contributed by atoms with E-state index in [2.05, 4.69) is 21.2 Å². The average Bonchev–Trinajstić information content (AvgIpc) is 2.86. The molecule has 0 bridgehead atoms. The van der Waals surface area contributed by atoms with E-state index in [0.717, 1.165) is 29.6 Å². The molecule has 0 spiro atoms. The number of alkyl halides is 1. The molecule has 0 saturated heterocycles. The van der Waals surface area contributed by atoms with Crippen molar-refractivity contribution in [3.05, 3.63) is 29.8 Å². The van der Waals surface area contributed by atoms with Gasteiger partial charge in [-0.25, -0.2) is 0 Å². The molecule has 19 heavy (non-hydrogen) atoms. The number of ether oxygens (including phenoxy) is 1. The number of rotatable bonds is 7. The van der Waals surface area contributed by atoms with Crippen molar-refractivity contribution in [2.24, 2.45) is 0 Å². The molecule has 1 aromatic carbocycles. The number of hydrogen-bond acceptors (Lipinski definition) is 2. The predicted molar refractivity (Wildman–Crippen MR) is 79.9 cm³/mol. The van der Waals surface area contributed by atoms with Crippen LogP contribution in [0.1, 0.15) is 37.2 Å². The van der Waals surface area contributed by atoms with Gasteiger partial charge in [0.2, 0.25) is 5.91 Å². The van der Waals surface area contributed by atoms with Crippen LogP contribution >= 0.6 is 15.9 Å². The fraction of sp³-hybridized carbons (Fsp3) is 0.533. The van der Waals surface area contributed by atoms with Gasteiger partial charge in [-0.15, -0.1) is 0 Å². The quantitative estimate of drug-likeness (QED) is 0.617. The summed E-state index contributed by atoms with van der Waals surface area (Å²) in [6.07, 6.45) is 4.64. The molecular weight excluding hydrogens is 306 g/mol. The predicted octanol–water partition coefficient (Wildman–Crippen LogP) is 3.23. The third-order valence-corrected chi connectivity index (χ3v) is 3.94. The van der Waals surface area contributed by atoms with Crippen molar-refractivity contribution in [2.75, 3.05) is 18.5 Å². The molecule has 1 atom stereocenters. The lowest BCUT2D eigenvalue weighted by Crippen LogP contribution is -2.30. The van der Waals surface area contributed by atoms with E-state index in [9.17, 15) is 4.79 Å². The molecule has 4 heteroatoms. The molecule has 0 aliphatic carbocycles. The Hall–Kier alpha value is -1.03. The van der Waals surface area contributed by atoms with Crippen molar-refractivity contribution in [3.63, 3.8) is 0 Å². The van der Waals surface area contributed by atoms with Crippen LogP contribution in [-0.2, 0) is 4.79 Å².